The molecule has 0 radical (unpaired) electrons. The van der Waals surface area contributed by atoms with Crippen LogP contribution in [0.4, 0.5) is 5.69 Å². The second-order valence-electron chi connectivity index (χ2n) is 6.58. The standard InChI is InChI=1S/C23H21N3O5/c1-30-22-13-19(9-12-21(22)31-16-18-5-3-2-4-6-18)15-24-25-23(27)14-17-7-10-20(11-8-17)26(28)29/h2-13,15H,14,16H2,1H3,(H,25,27)/b24-15-. The number of hydrogen-bond acceptors (Lipinski definition) is 6. The molecule has 3 aromatic rings. The van der Waals surface area contributed by atoms with Crippen molar-refractivity contribution in [2.75, 3.05) is 7.11 Å². The average Bonchev–Trinajstić information content (AvgIpc) is 2.79. The van der Waals surface area contributed by atoms with Gasteiger partial charge in [0.25, 0.3) is 5.69 Å². The predicted molar refractivity (Wildman–Crippen MR) is 116 cm³/mol. The lowest BCUT2D eigenvalue weighted by atomic mass is 10.1. The molecule has 3 aromatic carbocycles. The van der Waals surface area contributed by atoms with Crippen LogP contribution in [0.5, 0.6) is 11.5 Å². The van der Waals surface area contributed by atoms with E-state index in [0.29, 0.717) is 23.7 Å². The molecule has 1 N–H and O–H groups in total. The van der Waals surface area contributed by atoms with Crippen molar-refractivity contribution in [1.82, 2.24) is 5.43 Å². The summed E-state index contributed by atoms with van der Waals surface area (Å²) in [5.41, 5.74) is 4.84. The number of carbonyl (C=O) groups is 1. The summed E-state index contributed by atoms with van der Waals surface area (Å²) in [5, 5.41) is 14.6. The van der Waals surface area contributed by atoms with Gasteiger partial charge in [-0.05, 0) is 34.9 Å². The molecule has 0 spiro atoms. The zero-order valence-electron chi connectivity index (χ0n) is 16.9. The van der Waals surface area contributed by atoms with Crippen LogP contribution in [0.15, 0.2) is 77.9 Å². The summed E-state index contributed by atoms with van der Waals surface area (Å²) in [6.45, 7) is 0.420. The fourth-order valence-electron chi connectivity index (χ4n) is 2.76. The van der Waals surface area contributed by atoms with Gasteiger partial charge in [0.05, 0.1) is 24.7 Å². The molecule has 0 unspecified atom stereocenters. The van der Waals surface area contributed by atoms with E-state index in [1.807, 2.05) is 30.3 Å². The fraction of sp³-hybridized carbons (Fsp3) is 0.130. The highest BCUT2D eigenvalue weighted by atomic mass is 16.6. The number of rotatable bonds is 9. The highest BCUT2D eigenvalue weighted by Crippen LogP contribution is 2.28. The summed E-state index contributed by atoms with van der Waals surface area (Å²) in [5.74, 6) is 0.822. The third kappa shape index (κ3) is 6.40. The van der Waals surface area contributed by atoms with Gasteiger partial charge in [-0.2, -0.15) is 5.10 Å². The average molecular weight is 419 g/mol. The quantitative estimate of drug-likeness (QED) is 0.322. The molecule has 0 fully saturated rings. The van der Waals surface area contributed by atoms with E-state index >= 15 is 0 Å². The van der Waals surface area contributed by atoms with E-state index in [4.69, 9.17) is 9.47 Å². The largest absolute Gasteiger partial charge is 0.493 e. The molecule has 0 bridgehead atoms. The molecule has 8 heteroatoms. The van der Waals surface area contributed by atoms with Gasteiger partial charge in [-0.1, -0.05) is 42.5 Å². The van der Waals surface area contributed by atoms with Crippen LogP contribution >= 0.6 is 0 Å². The van der Waals surface area contributed by atoms with Gasteiger partial charge < -0.3 is 9.47 Å². The summed E-state index contributed by atoms with van der Waals surface area (Å²) in [4.78, 5) is 22.2. The highest BCUT2D eigenvalue weighted by molar-refractivity contribution is 5.84. The third-order valence-electron chi connectivity index (χ3n) is 4.34. The van der Waals surface area contributed by atoms with Crippen LogP contribution in [-0.2, 0) is 17.8 Å². The maximum atomic E-state index is 12.0. The van der Waals surface area contributed by atoms with Crippen molar-refractivity contribution in [2.45, 2.75) is 13.0 Å². The predicted octanol–water partition coefficient (Wildman–Crippen LogP) is 3.88. The zero-order chi connectivity index (χ0) is 22.1. The van der Waals surface area contributed by atoms with Crippen LogP contribution in [0.2, 0.25) is 0 Å². The van der Waals surface area contributed by atoms with Gasteiger partial charge in [-0.3, -0.25) is 14.9 Å². The molecule has 0 atom stereocenters. The summed E-state index contributed by atoms with van der Waals surface area (Å²) in [7, 11) is 1.55. The zero-order valence-corrected chi connectivity index (χ0v) is 16.9. The summed E-state index contributed by atoms with van der Waals surface area (Å²) in [6, 6.07) is 20.9. The molecule has 0 aliphatic rings. The first kappa shape index (κ1) is 21.5. The number of hydrogen-bond donors (Lipinski definition) is 1. The number of non-ortho nitro benzene ring substituents is 1. The van der Waals surface area contributed by atoms with Crippen LogP contribution < -0.4 is 14.9 Å². The Morgan fingerprint density at radius 1 is 1.03 bits per heavy atom. The van der Waals surface area contributed by atoms with E-state index in [2.05, 4.69) is 10.5 Å². The summed E-state index contributed by atoms with van der Waals surface area (Å²) >= 11 is 0. The maximum Gasteiger partial charge on any atom is 0.269 e. The van der Waals surface area contributed by atoms with Crippen LogP contribution in [0.1, 0.15) is 16.7 Å². The van der Waals surface area contributed by atoms with Crippen LogP contribution in [0.25, 0.3) is 0 Å². The molecule has 0 heterocycles. The normalized spacial score (nSPS) is 10.6. The lowest BCUT2D eigenvalue weighted by Gasteiger charge is -2.11. The fourth-order valence-corrected chi connectivity index (χ4v) is 2.76. The van der Waals surface area contributed by atoms with Gasteiger partial charge in [0.1, 0.15) is 6.61 Å². The Morgan fingerprint density at radius 3 is 2.45 bits per heavy atom. The van der Waals surface area contributed by atoms with E-state index in [-0.39, 0.29) is 18.0 Å². The van der Waals surface area contributed by atoms with Gasteiger partial charge in [0.15, 0.2) is 11.5 Å². The second-order valence-corrected chi connectivity index (χ2v) is 6.58. The van der Waals surface area contributed by atoms with Gasteiger partial charge in [0, 0.05) is 12.1 Å². The SMILES string of the molecule is COc1cc(/C=N\NC(=O)Cc2ccc([N+](=O)[O-])cc2)ccc1OCc1ccccc1. The Hall–Kier alpha value is -4.20. The first-order valence-corrected chi connectivity index (χ1v) is 9.45. The van der Waals surface area contributed by atoms with E-state index in [9.17, 15) is 14.9 Å². The molecule has 0 aromatic heterocycles. The minimum absolute atomic E-state index is 0.0210. The molecule has 31 heavy (non-hydrogen) atoms. The molecule has 0 aliphatic carbocycles. The molecule has 0 aliphatic heterocycles. The number of nitro groups is 1. The first-order chi connectivity index (χ1) is 15.0. The van der Waals surface area contributed by atoms with E-state index in [0.717, 1.165) is 11.1 Å². The highest BCUT2D eigenvalue weighted by Gasteiger charge is 2.08. The van der Waals surface area contributed by atoms with Gasteiger partial charge in [-0.15, -0.1) is 0 Å². The molecule has 158 valence electrons. The molecular formula is C23H21N3O5. The molecular weight excluding hydrogens is 398 g/mol. The number of nitro benzene ring substituents is 1. The minimum Gasteiger partial charge on any atom is -0.493 e. The van der Waals surface area contributed by atoms with Crippen molar-refractivity contribution < 1.29 is 19.2 Å². The number of ether oxygens (including phenoxy) is 2. The van der Waals surface area contributed by atoms with Crippen LogP contribution in [0, 0.1) is 10.1 Å². The van der Waals surface area contributed by atoms with Crippen molar-refractivity contribution in [3.8, 4) is 11.5 Å². The van der Waals surface area contributed by atoms with Crippen molar-refractivity contribution in [1.29, 1.82) is 0 Å². The van der Waals surface area contributed by atoms with Crippen molar-refractivity contribution in [2.24, 2.45) is 5.10 Å². The van der Waals surface area contributed by atoms with Crippen LogP contribution in [-0.4, -0.2) is 24.2 Å². The number of amides is 1. The van der Waals surface area contributed by atoms with E-state index in [1.165, 1.54) is 18.3 Å². The van der Waals surface area contributed by atoms with Gasteiger partial charge >= 0.3 is 0 Å². The van der Waals surface area contributed by atoms with Crippen molar-refractivity contribution in [3.05, 3.63) is 99.6 Å². The monoisotopic (exact) mass is 419 g/mol. The summed E-state index contributed by atoms with van der Waals surface area (Å²) < 4.78 is 11.2. The first-order valence-electron chi connectivity index (χ1n) is 9.45. The Morgan fingerprint density at radius 2 is 1.77 bits per heavy atom. The number of nitrogens with one attached hydrogen (secondary N) is 1. The summed E-state index contributed by atoms with van der Waals surface area (Å²) in [6.07, 6.45) is 1.56. The molecule has 1 amide bonds. The molecule has 8 nitrogen and oxygen atoms in total. The van der Waals surface area contributed by atoms with Crippen LogP contribution in [0.3, 0.4) is 0 Å². The van der Waals surface area contributed by atoms with E-state index < -0.39 is 4.92 Å². The van der Waals surface area contributed by atoms with Crippen molar-refractivity contribution in [3.63, 3.8) is 0 Å². The molecule has 3 rings (SSSR count). The topological polar surface area (TPSA) is 103 Å². The number of hydrazone groups is 1. The van der Waals surface area contributed by atoms with Gasteiger partial charge in [0.2, 0.25) is 5.91 Å². The van der Waals surface area contributed by atoms with Gasteiger partial charge in [-0.25, -0.2) is 5.43 Å². The third-order valence-corrected chi connectivity index (χ3v) is 4.34. The Labute approximate surface area is 179 Å². The van der Waals surface area contributed by atoms with E-state index in [1.54, 1.807) is 37.4 Å². The Kier molecular flexibility index (Phi) is 7.31. The second kappa shape index (κ2) is 10.5. The van der Waals surface area contributed by atoms with Crippen molar-refractivity contribution >= 4 is 17.8 Å². The smallest absolute Gasteiger partial charge is 0.269 e. The Bertz CT molecular complexity index is 1070. The lowest BCUT2D eigenvalue weighted by Crippen LogP contribution is -2.19. The maximum absolute atomic E-state index is 12.0. The number of methoxy groups -OCH3 is 1. The lowest BCUT2D eigenvalue weighted by molar-refractivity contribution is -0.384. The number of benzene rings is 3. The Balaban J connectivity index is 1.55. The minimum atomic E-state index is -0.486. The number of nitrogens with zero attached hydrogens (tertiary/aromatic N) is 2. The molecule has 0 saturated heterocycles. The number of carbonyl (C=O) groups excluding carboxylic acids is 1. The molecule has 0 saturated carbocycles.